The van der Waals surface area contributed by atoms with Gasteiger partial charge in [-0.25, -0.2) is 0 Å². The zero-order valence-electron chi connectivity index (χ0n) is 11.1. The van der Waals surface area contributed by atoms with Crippen molar-refractivity contribution in [1.82, 2.24) is 4.90 Å². The molecule has 1 amide bonds. The highest BCUT2D eigenvalue weighted by Gasteiger charge is 2.32. The summed E-state index contributed by atoms with van der Waals surface area (Å²) in [5, 5.41) is 0. The Bertz CT molecular complexity index is 316. The van der Waals surface area contributed by atoms with Gasteiger partial charge in [0.05, 0.1) is 25.2 Å². The molecule has 102 valence electrons. The van der Waals surface area contributed by atoms with Gasteiger partial charge in [0.25, 0.3) is 0 Å². The second kappa shape index (κ2) is 7.16. The van der Waals surface area contributed by atoms with Gasteiger partial charge in [-0.05, 0) is 20.3 Å². The van der Waals surface area contributed by atoms with Gasteiger partial charge in [0.15, 0.2) is 0 Å². The Balaban J connectivity index is 2.57. The highest BCUT2D eigenvalue weighted by molar-refractivity contribution is 5.84. The minimum absolute atomic E-state index is 0.0242. The van der Waals surface area contributed by atoms with E-state index in [1.807, 2.05) is 6.92 Å². The monoisotopic (exact) mass is 255 g/mol. The van der Waals surface area contributed by atoms with Crippen LogP contribution in [-0.2, 0) is 19.1 Å². The van der Waals surface area contributed by atoms with Gasteiger partial charge in [-0.1, -0.05) is 6.08 Å². The number of carbonyl (C=O) groups excluding carboxylic acids is 2. The van der Waals surface area contributed by atoms with Crippen LogP contribution in [0, 0.1) is 5.92 Å². The third-order valence-corrected chi connectivity index (χ3v) is 2.83. The van der Waals surface area contributed by atoms with E-state index in [1.54, 1.807) is 13.0 Å². The average molecular weight is 255 g/mol. The first kappa shape index (κ1) is 14.7. The average Bonchev–Trinajstić information content (AvgIpc) is 2.75. The Morgan fingerprint density at radius 2 is 2.28 bits per heavy atom. The molecule has 5 nitrogen and oxygen atoms in total. The van der Waals surface area contributed by atoms with E-state index in [4.69, 9.17) is 9.47 Å². The minimum atomic E-state index is -0.389. The van der Waals surface area contributed by atoms with Gasteiger partial charge in [0.2, 0.25) is 5.91 Å². The Morgan fingerprint density at radius 1 is 1.56 bits per heavy atom. The summed E-state index contributed by atoms with van der Waals surface area (Å²) in [5.74, 6) is -0.610. The molecular weight excluding hydrogens is 234 g/mol. The highest BCUT2D eigenvalue weighted by atomic mass is 16.5. The van der Waals surface area contributed by atoms with Gasteiger partial charge >= 0.3 is 5.97 Å². The van der Waals surface area contributed by atoms with Crippen molar-refractivity contribution < 1.29 is 19.1 Å². The van der Waals surface area contributed by atoms with Gasteiger partial charge in [0.1, 0.15) is 6.54 Å². The van der Waals surface area contributed by atoms with Crippen LogP contribution in [0.3, 0.4) is 0 Å². The lowest BCUT2D eigenvalue weighted by molar-refractivity contribution is -0.149. The summed E-state index contributed by atoms with van der Waals surface area (Å²) in [4.78, 5) is 25.1. The van der Waals surface area contributed by atoms with Crippen molar-refractivity contribution in [1.29, 1.82) is 0 Å². The maximum Gasteiger partial charge on any atom is 0.325 e. The quantitative estimate of drug-likeness (QED) is 0.524. The molecule has 0 N–H and O–H groups in total. The van der Waals surface area contributed by atoms with Crippen LogP contribution >= 0.6 is 0 Å². The van der Waals surface area contributed by atoms with Crippen LogP contribution in [0.5, 0.6) is 0 Å². The topological polar surface area (TPSA) is 55.8 Å². The molecular formula is C13H21NO4. The zero-order chi connectivity index (χ0) is 13.5. The molecule has 0 aliphatic carbocycles. The minimum Gasteiger partial charge on any atom is -0.465 e. The fourth-order valence-electron chi connectivity index (χ4n) is 2.00. The largest absolute Gasteiger partial charge is 0.465 e. The molecule has 0 spiro atoms. The molecule has 0 bridgehead atoms. The van der Waals surface area contributed by atoms with E-state index in [0.29, 0.717) is 26.2 Å². The molecule has 1 saturated heterocycles. The molecule has 18 heavy (non-hydrogen) atoms. The molecule has 0 aromatic rings. The van der Waals surface area contributed by atoms with E-state index in [-0.39, 0.29) is 30.4 Å². The van der Waals surface area contributed by atoms with Crippen molar-refractivity contribution in [2.45, 2.75) is 26.4 Å². The molecule has 0 radical (unpaired) electrons. The predicted octanol–water partition coefficient (Wildman–Crippen LogP) is 0.989. The second-order valence-electron chi connectivity index (χ2n) is 4.39. The Labute approximate surface area is 108 Å². The molecule has 5 heteroatoms. The fraction of sp³-hybridized carbons (Fsp3) is 0.692. The lowest BCUT2D eigenvalue weighted by Crippen LogP contribution is -2.40. The third kappa shape index (κ3) is 4.14. The lowest BCUT2D eigenvalue weighted by Gasteiger charge is -2.22. The summed E-state index contributed by atoms with van der Waals surface area (Å²) in [6.45, 7) is 8.35. The summed E-state index contributed by atoms with van der Waals surface area (Å²) < 4.78 is 10.2. The third-order valence-electron chi connectivity index (χ3n) is 2.83. The molecule has 2 atom stereocenters. The molecule has 1 heterocycles. The number of hydrogen-bond donors (Lipinski definition) is 0. The maximum atomic E-state index is 12.2. The van der Waals surface area contributed by atoms with Gasteiger partial charge in [-0.3, -0.25) is 9.59 Å². The number of hydrogen-bond acceptors (Lipinski definition) is 4. The number of carbonyl (C=O) groups is 2. The van der Waals surface area contributed by atoms with Crippen LogP contribution in [0.4, 0.5) is 0 Å². The highest BCUT2D eigenvalue weighted by Crippen LogP contribution is 2.21. The number of ether oxygens (including phenoxy) is 2. The van der Waals surface area contributed by atoms with Crippen molar-refractivity contribution in [2.24, 2.45) is 5.92 Å². The molecule has 1 aliphatic heterocycles. The van der Waals surface area contributed by atoms with Crippen molar-refractivity contribution in [3.05, 3.63) is 12.7 Å². The first-order chi connectivity index (χ1) is 8.58. The number of rotatable bonds is 6. The molecule has 1 fully saturated rings. The summed E-state index contributed by atoms with van der Waals surface area (Å²) in [5.41, 5.74) is 0. The van der Waals surface area contributed by atoms with Crippen LogP contribution in [-0.4, -0.2) is 49.2 Å². The van der Waals surface area contributed by atoms with Crippen LogP contribution < -0.4 is 0 Å². The SMILES string of the molecule is C=CCN(CC(=O)OCC)C(=O)C1COC(C)C1. The molecule has 0 saturated carbocycles. The van der Waals surface area contributed by atoms with E-state index in [9.17, 15) is 9.59 Å². The Hall–Kier alpha value is -1.36. The van der Waals surface area contributed by atoms with Crippen LogP contribution in [0.25, 0.3) is 0 Å². The molecule has 1 rings (SSSR count). The van der Waals surface area contributed by atoms with Gasteiger partial charge in [-0.15, -0.1) is 6.58 Å². The molecule has 0 aromatic carbocycles. The van der Waals surface area contributed by atoms with E-state index >= 15 is 0 Å². The molecule has 2 unspecified atom stereocenters. The van der Waals surface area contributed by atoms with Crippen LogP contribution in [0.1, 0.15) is 20.3 Å². The van der Waals surface area contributed by atoms with E-state index in [1.165, 1.54) is 4.90 Å². The predicted molar refractivity (Wildman–Crippen MR) is 66.9 cm³/mol. The Kier molecular flexibility index (Phi) is 5.85. The lowest BCUT2D eigenvalue weighted by atomic mass is 10.0. The Morgan fingerprint density at radius 3 is 2.78 bits per heavy atom. The van der Waals surface area contributed by atoms with Crippen molar-refractivity contribution in [3.63, 3.8) is 0 Å². The van der Waals surface area contributed by atoms with Crippen LogP contribution in [0.15, 0.2) is 12.7 Å². The smallest absolute Gasteiger partial charge is 0.325 e. The molecule has 0 aromatic heterocycles. The summed E-state index contributed by atoms with van der Waals surface area (Å²) >= 11 is 0. The van der Waals surface area contributed by atoms with Gasteiger partial charge in [0, 0.05) is 6.54 Å². The zero-order valence-corrected chi connectivity index (χ0v) is 11.1. The van der Waals surface area contributed by atoms with E-state index < -0.39 is 0 Å². The second-order valence-corrected chi connectivity index (χ2v) is 4.39. The summed E-state index contributed by atoms with van der Waals surface area (Å²) in [6.07, 6.45) is 2.41. The van der Waals surface area contributed by atoms with Crippen molar-refractivity contribution in [2.75, 3.05) is 26.3 Å². The van der Waals surface area contributed by atoms with E-state index in [0.717, 1.165) is 0 Å². The number of esters is 1. The normalized spacial score (nSPS) is 22.6. The standard InChI is InChI=1S/C13H21NO4/c1-4-6-14(8-12(15)17-5-2)13(16)11-7-10(3)18-9-11/h4,10-11H,1,5-9H2,2-3H3. The fourth-order valence-corrected chi connectivity index (χ4v) is 2.00. The first-order valence-corrected chi connectivity index (χ1v) is 6.25. The van der Waals surface area contributed by atoms with Gasteiger partial charge < -0.3 is 14.4 Å². The van der Waals surface area contributed by atoms with Crippen molar-refractivity contribution in [3.8, 4) is 0 Å². The van der Waals surface area contributed by atoms with Gasteiger partial charge in [-0.2, -0.15) is 0 Å². The first-order valence-electron chi connectivity index (χ1n) is 6.25. The maximum absolute atomic E-state index is 12.2. The summed E-state index contributed by atoms with van der Waals surface area (Å²) in [6, 6.07) is 0. The number of nitrogens with zero attached hydrogens (tertiary/aromatic N) is 1. The molecule has 1 aliphatic rings. The number of amides is 1. The van der Waals surface area contributed by atoms with Crippen molar-refractivity contribution >= 4 is 11.9 Å². The van der Waals surface area contributed by atoms with Crippen LogP contribution in [0.2, 0.25) is 0 Å². The van der Waals surface area contributed by atoms with E-state index in [2.05, 4.69) is 6.58 Å². The summed E-state index contributed by atoms with van der Waals surface area (Å²) in [7, 11) is 0.